The van der Waals surface area contributed by atoms with Crippen molar-refractivity contribution in [2.75, 3.05) is 5.32 Å². The monoisotopic (exact) mass is 460 g/mol. The molecule has 0 fully saturated rings. The van der Waals surface area contributed by atoms with Crippen molar-refractivity contribution in [3.05, 3.63) is 106 Å². The zero-order valence-electron chi connectivity index (χ0n) is 15.3. The molecule has 0 aliphatic carbocycles. The summed E-state index contributed by atoms with van der Waals surface area (Å²) in [4.78, 5) is 0.649. The van der Waals surface area contributed by atoms with Crippen LogP contribution < -0.4 is 10.6 Å². The first-order valence-electron chi connectivity index (χ1n) is 8.73. The lowest BCUT2D eigenvalue weighted by atomic mass is 10.2. The summed E-state index contributed by atoms with van der Waals surface area (Å²) in [7, 11) is -1.27. The summed E-state index contributed by atoms with van der Waals surface area (Å²) in [6, 6.07) is 24.4. The third kappa shape index (κ3) is 6.41. The van der Waals surface area contributed by atoms with Crippen molar-refractivity contribution in [3.63, 3.8) is 0 Å². The standard InChI is InChI=1S/C22H18Cl2N2OS2/c23-18-11-12-19(24)20(13-18)26-22(28)25-14-21(17-9-5-2-6-10-17)29(27)15-16-7-3-1-4-8-16/h1-14H,15H2,(H2,25,26,28)/b21-14+/t29-/m1/s1. The van der Waals surface area contributed by atoms with Crippen LogP contribution in [0.1, 0.15) is 11.1 Å². The molecular weight excluding hydrogens is 443 g/mol. The average molecular weight is 461 g/mol. The van der Waals surface area contributed by atoms with Crippen molar-refractivity contribution in [1.82, 2.24) is 5.32 Å². The second-order valence-corrected chi connectivity index (χ2v) is 8.74. The molecule has 0 unspecified atom stereocenters. The van der Waals surface area contributed by atoms with Crippen LogP contribution in [0.15, 0.2) is 85.1 Å². The van der Waals surface area contributed by atoms with Crippen LogP contribution in [0.5, 0.6) is 0 Å². The van der Waals surface area contributed by atoms with Gasteiger partial charge in [-0.25, -0.2) is 0 Å². The van der Waals surface area contributed by atoms with Crippen LogP contribution in [0.4, 0.5) is 5.69 Å². The maximum atomic E-state index is 13.1. The number of nitrogens with one attached hydrogen (secondary N) is 2. The summed E-state index contributed by atoms with van der Waals surface area (Å²) in [6.45, 7) is 0. The molecule has 0 aliphatic heterocycles. The molecule has 7 heteroatoms. The van der Waals surface area contributed by atoms with Gasteiger partial charge in [-0.2, -0.15) is 0 Å². The molecule has 3 aromatic carbocycles. The van der Waals surface area contributed by atoms with Gasteiger partial charge in [0.15, 0.2) is 5.11 Å². The van der Waals surface area contributed by atoms with Crippen molar-refractivity contribution >= 4 is 61.9 Å². The predicted molar refractivity (Wildman–Crippen MR) is 129 cm³/mol. The summed E-state index contributed by atoms with van der Waals surface area (Å²) in [5, 5.41) is 7.38. The largest absolute Gasteiger partial charge is 0.338 e. The highest BCUT2D eigenvalue weighted by Crippen LogP contribution is 2.25. The van der Waals surface area contributed by atoms with Crippen LogP contribution in [0, 0.1) is 0 Å². The van der Waals surface area contributed by atoms with Crippen LogP contribution >= 0.6 is 35.4 Å². The Morgan fingerprint density at radius 2 is 1.62 bits per heavy atom. The number of halogens is 2. The van der Waals surface area contributed by atoms with Crippen LogP contribution in [0.2, 0.25) is 10.0 Å². The first kappa shape index (κ1) is 21.5. The maximum Gasteiger partial charge on any atom is 0.174 e. The Morgan fingerprint density at radius 1 is 0.966 bits per heavy atom. The smallest absolute Gasteiger partial charge is 0.174 e. The van der Waals surface area contributed by atoms with E-state index in [0.29, 0.717) is 31.5 Å². The van der Waals surface area contributed by atoms with Crippen LogP contribution in [0.25, 0.3) is 4.91 Å². The van der Waals surface area contributed by atoms with E-state index in [-0.39, 0.29) is 0 Å². The number of anilines is 1. The van der Waals surface area contributed by atoms with Crippen LogP contribution in [-0.4, -0.2) is 9.32 Å². The molecule has 0 amide bonds. The van der Waals surface area contributed by atoms with E-state index in [0.717, 1.165) is 11.1 Å². The molecule has 0 radical (unpaired) electrons. The normalized spacial score (nSPS) is 12.3. The van der Waals surface area contributed by atoms with Gasteiger partial charge in [-0.3, -0.25) is 4.21 Å². The van der Waals surface area contributed by atoms with Gasteiger partial charge in [-0.1, -0.05) is 83.9 Å². The van der Waals surface area contributed by atoms with Crippen molar-refractivity contribution in [3.8, 4) is 0 Å². The molecule has 2 N–H and O–H groups in total. The minimum Gasteiger partial charge on any atom is -0.338 e. The molecule has 0 heterocycles. The SMILES string of the molecule is O=[S@](Cc1ccccc1)/C(=C/NC(=S)Nc1cc(Cl)ccc1Cl)c1ccccc1. The third-order valence-electron chi connectivity index (χ3n) is 3.96. The van der Waals surface area contributed by atoms with E-state index < -0.39 is 10.8 Å². The molecule has 0 spiro atoms. The number of hydrogen-bond acceptors (Lipinski definition) is 2. The summed E-state index contributed by atoms with van der Waals surface area (Å²) < 4.78 is 13.1. The van der Waals surface area contributed by atoms with Gasteiger partial charge in [-0.15, -0.1) is 0 Å². The molecule has 0 aliphatic rings. The Hall–Kier alpha value is -2.18. The molecule has 1 atom stereocenters. The minimum absolute atomic E-state index is 0.319. The Morgan fingerprint density at radius 3 is 2.31 bits per heavy atom. The minimum atomic E-state index is -1.27. The quantitative estimate of drug-likeness (QED) is 0.427. The zero-order valence-corrected chi connectivity index (χ0v) is 18.4. The number of thiocarbonyl (C=S) groups is 1. The Kier molecular flexibility index (Phi) is 7.83. The Balaban J connectivity index is 1.78. The zero-order chi connectivity index (χ0) is 20.6. The van der Waals surface area contributed by atoms with Gasteiger partial charge in [-0.05, 0) is 41.5 Å². The highest BCUT2D eigenvalue weighted by Gasteiger charge is 2.12. The maximum absolute atomic E-state index is 13.1. The highest BCUT2D eigenvalue weighted by atomic mass is 35.5. The summed E-state index contributed by atoms with van der Waals surface area (Å²) in [5.41, 5.74) is 2.45. The van der Waals surface area contributed by atoms with Gasteiger partial charge in [0.1, 0.15) is 0 Å². The molecule has 0 saturated heterocycles. The molecule has 0 saturated carbocycles. The van der Waals surface area contributed by atoms with Crippen molar-refractivity contribution in [1.29, 1.82) is 0 Å². The van der Waals surface area contributed by atoms with E-state index >= 15 is 0 Å². The van der Waals surface area contributed by atoms with Gasteiger partial charge in [0.25, 0.3) is 0 Å². The van der Waals surface area contributed by atoms with E-state index in [1.165, 1.54) is 0 Å². The molecular formula is C22H18Cl2N2OS2. The second-order valence-electron chi connectivity index (χ2n) is 6.07. The molecule has 0 aromatic heterocycles. The second kappa shape index (κ2) is 10.6. The molecule has 29 heavy (non-hydrogen) atoms. The molecule has 3 nitrogen and oxygen atoms in total. The van der Waals surface area contributed by atoms with Crippen LogP contribution in [0.3, 0.4) is 0 Å². The fraction of sp³-hybridized carbons (Fsp3) is 0.0455. The first-order valence-corrected chi connectivity index (χ1v) is 11.2. The predicted octanol–water partition coefficient (Wildman–Crippen LogP) is 6.23. The number of benzene rings is 3. The summed E-state index contributed by atoms with van der Waals surface area (Å²) in [6.07, 6.45) is 1.67. The summed E-state index contributed by atoms with van der Waals surface area (Å²) in [5.74, 6) is 0.406. The molecule has 0 bridgehead atoms. The van der Waals surface area contributed by atoms with Gasteiger partial charge in [0, 0.05) is 11.2 Å². The van der Waals surface area contributed by atoms with Gasteiger partial charge in [0.05, 0.1) is 32.2 Å². The van der Waals surface area contributed by atoms with Gasteiger partial charge in [0.2, 0.25) is 0 Å². The topological polar surface area (TPSA) is 41.1 Å². The fourth-order valence-corrected chi connectivity index (χ4v) is 4.31. The van der Waals surface area contributed by atoms with Crippen molar-refractivity contribution < 1.29 is 4.21 Å². The van der Waals surface area contributed by atoms with Gasteiger partial charge >= 0.3 is 0 Å². The summed E-state index contributed by atoms with van der Waals surface area (Å²) >= 11 is 17.5. The molecule has 3 rings (SSSR count). The third-order valence-corrected chi connectivity index (χ3v) is 6.18. The number of hydrogen-bond donors (Lipinski definition) is 2. The molecule has 3 aromatic rings. The van der Waals surface area contributed by atoms with Crippen LogP contribution in [-0.2, 0) is 16.6 Å². The lowest BCUT2D eigenvalue weighted by Gasteiger charge is -2.12. The first-order chi connectivity index (χ1) is 14.0. The Labute approximate surface area is 188 Å². The van der Waals surface area contributed by atoms with E-state index in [9.17, 15) is 4.21 Å². The van der Waals surface area contributed by atoms with E-state index in [1.807, 2.05) is 60.7 Å². The lowest BCUT2D eigenvalue weighted by Crippen LogP contribution is -2.24. The highest BCUT2D eigenvalue weighted by molar-refractivity contribution is 7.93. The average Bonchev–Trinajstić information content (AvgIpc) is 2.72. The van der Waals surface area contributed by atoms with E-state index in [1.54, 1.807) is 24.4 Å². The Bertz CT molecular complexity index is 1040. The van der Waals surface area contributed by atoms with E-state index in [2.05, 4.69) is 10.6 Å². The molecule has 148 valence electrons. The number of rotatable bonds is 6. The van der Waals surface area contributed by atoms with E-state index in [4.69, 9.17) is 35.4 Å². The fourth-order valence-electron chi connectivity index (χ4n) is 2.57. The van der Waals surface area contributed by atoms with Gasteiger partial charge < -0.3 is 10.6 Å². The lowest BCUT2D eigenvalue weighted by molar-refractivity contribution is 0.688. The van der Waals surface area contributed by atoms with Crippen molar-refractivity contribution in [2.24, 2.45) is 0 Å². The van der Waals surface area contributed by atoms with Crippen molar-refractivity contribution in [2.45, 2.75) is 5.75 Å².